The van der Waals surface area contributed by atoms with Crippen molar-refractivity contribution in [2.45, 2.75) is 63.8 Å². The minimum Gasteiger partial charge on any atom is -0.378 e. The Hall–Kier alpha value is -0.650. The fraction of sp³-hybridized carbons (Fsp3) is 0.933. The molecule has 3 fully saturated rings. The number of ether oxygens (including phenoxy) is 2. The van der Waals surface area contributed by atoms with E-state index in [0.717, 1.165) is 19.6 Å². The lowest BCUT2D eigenvalue weighted by Gasteiger charge is -2.61. The lowest BCUT2D eigenvalue weighted by atomic mass is 9.51. The molecule has 114 valence electrons. The van der Waals surface area contributed by atoms with Crippen LogP contribution in [0.2, 0.25) is 0 Å². The second-order valence-corrected chi connectivity index (χ2v) is 6.34. The van der Waals surface area contributed by atoms with Crippen LogP contribution in [-0.4, -0.2) is 50.0 Å². The van der Waals surface area contributed by atoms with E-state index in [1.165, 1.54) is 19.3 Å². The molecule has 0 aromatic rings. The molecule has 3 rings (SSSR count). The number of hydrogen-bond acceptors (Lipinski definition) is 4. The summed E-state index contributed by atoms with van der Waals surface area (Å²) in [5.41, 5.74) is 0.227. The molecule has 2 N–H and O–H groups in total. The lowest BCUT2D eigenvalue weighted by Crippen LogP contribution is -2.69. The molecule has 2 unspecified atom stereocenters. The Morgan fingerprint density at radius 3 is 2.90 bits per heavy atom. The largest absolute Gasteiger partial charge is 0.378 e. The molecule has 2 saturated carbocycles. The van der Waals surface area contributed by atoms with Crippen molar-refractivity contribution in [2.75, 3.05) is 19.8 Å². The van der Waals surface area contributed by atoms with E-state index in [0.29, 0.717) is 12.7 Å². The second-order valence-electron chi connectivity index (χ2n) is 6.34. The van der Waals surface area contributed by atoms with E-state index >= 15 is 0 Å². The van der Waals surface area contributed by atoms with Gasteiger partial charge < -0.3 is 20.1 Å². The molecule has 1 heterocycles. The highest BCUT2D eigenvalue weighted by molar-refractivity contribution is 5.83. The molecule has 5 heteroatoms. The van der Waals surface area contributed by atoms with Crippen molar-refractivity contribution >= 4 is 5.91 Å². The highest BCUT2D eigenvalue weighted by atomic mass is 16.5. The normalized spacial score (nSPS) is 38.9. The van der Waals surface area contributed by atoms with Gasteiger partial charge in [-0.15, -0.1) is 0 Å². The molecule has 0 aromatic carbocycles. The molecular weight excluding hydrogens is 256 g/mol. The van der Waals surface area contributed by atoms with Gasteiger partial charge in [-0.05, 0) is 33.1 Å². The third-order valence-corrected chi connectivity index (χ3v) is 5.35. The van der Waals surface area contributed by atoms with Crippen LogP contribution in [0, 0.1) is 5.41 Å². The monoisotopic (exact) mass is 282 g/mol. The van der Waals surface area contributed by atoms with Gasteiger partial charge in [-0.3, -0.25) is 4.79 Å². The van der Waals surface area contributed by atoms with Crippen LogP contribution in [0.25, 0.3) is 0 Å². The molecule has 0 aromatic heterocycles. The van der Waals surface area contributed by atoms with E-state index < -0.39 is 0 Å². The van der Waals surface area contributed by atoms with Crippen LogP contribution < -0.4 is 10.6 Å². The fourth-order valence-electron chi connectivity index (χ4n) is 3.93. The summed E-state index contributed by atoms with van der Waals surface area (Å²) in [7, 11) is 0. The topological polar surface area (TPSA) is 59.6 Å². The minimum atomic E-state index is -0.216. The summed E-state index contributed by atoms with van der Waals surface area (Å²) in [5, 5.41) is 6.49. The maximum absolute atomic E-state index is 12.4. The Morgan fingerprint density at radius 1 is 1.50 bits per heavy atom. The Kier molecular flexibility index (Phi) is 4.02. The van der Waals surface area contributed by atoms with Crippen molar-refractivity contribution in [3.63, 3.8) is 0 Å². The van der Waals surface area contributed by atoms with Gasteiger partial charge in [0, 0.05) is 24.6 Å². The first-order valence-electron chi connectivity index (χ1n) is 7.94. The predicted molar refractivity (Wildman–Crippen MR) is 75.5 cm³/mol. The number of carbonyl (C=O) groups excluding carboxylic acids is 1. The molecular formula is C15H26N2O3. The van der Waals surface area contributed by atoms with E-state index in [-0.39, 0.29) is 29.5 Å². The Labute approximate surface area is 120 Å². The van der Waals surface area contributed by atoms with Crippen LogP contribution in [0.1, 0.15) is 39.5 Å². The number of amides is 1. The maximum Gasteiger partial charge on any atom is 0.240 e. The van der Waals surface area contributed by atoms with Gasteiger partial charge in [0.15, 0.2) is 0 Å². The van der Waals surface area contributed by atoms with Crippen molar-refractivity contribution < 1.29 is 14.3 Å². The summed E-state index contributed by atoms with van der Waals surface area (Å²) in [4.78, 5) is 12.4. The van der Waals surface area contributed by atoms with Gasteiger partial charge in [-0.25, -0.2) is 0 Å². The number of carbonyl (C=O) groups is 1. The van der Waals surface area contributed by atoms with E-state index in [4.69, 9.17) is 9.47 Å². The zero-order chi connectivity index (χ0) is 14.2. The highest BCUT2D eigenvalue weighted by Crippen LogP contribution is 2.57. The van der Waals surface area contributed by atoms with Gasteiger partial charge >= 0.3 is 0 Å². The SMILES string of the molecule is CCOC1CC(NC(=O)[C@H]2NCCO[C@@H]2C)C12CCC2. The minimum absolute atomic E-state index is 0.0520. The average molecular weight is 282 g/mol. The molecule has 1 saturated heterocycles. The van der Waals surface area contributed by atoms with Gasteiger partial charge in [-0.2, -0.15) is 0 Å². The molecule has 4 atom stereocenters. The molecule has 1 aliphatic heterocycles. The smallest absolute Gasteiger partial charge is 0.240 e. The van der Waals surface area contributed by atoms with Crippen LogP contribution in [0.15, 0.2) is 0 Å². The molecule has 5 nitrogen and oxygen atoms in total. The van der Waals surface area contributed by atoms with E-state index in [1.54, 1.807) is 0 Å². The van der Waals surface area contributed by atoms with Crippen molar-refractivity contribution in [1.29, 1.82) is 0 Å². The van der Waals surface area contributed by atoms with Crippen LogP contribution in [0.4, 0.5) is 0 Å². The third kappa shape index (κ3) is 2.26. The summed E-state index contributed by atoms with van der Waals surface area (Å²) < 4.78 is 11.4. The second kappa shape index (κ2) is 5.62. The van der Waals surface area contributed by atoms with Crippen molar-refractivity contribution in [2.24, 2.45) is 5.41 Å². The van der Waals surface area contributed by atoms with Crippen LogP contribution >= 0.6 is 0 Å². The quantitative estimate of drug-likeness (QED) is 0.802. The first-order chi connectivity index (χ1) is 9.67. The fourth-order valence-corrected chi connectivity index (χ4v) is 3.93. The molecule has 1 amide bonds. The van der Waals surface area contributed by atoms with E-state index in [9.17, 15) is 4.79 Å². The number of hydrogen-bond donors (Lipinski definition) is 2. The number of rotatable bonds is 4. The lowest BCUT2D eigenvalue weighted by molar-refractivity contribution is -0.177. The van der Waals surface area contributed by atoms with Gasteiger partial charge in [-0.1, -0.05) is 6.42 Å². The summed E-state index contributed by atoms with van der Waals surface area (Å²) in [6.07, 6.45) is 4.89. The Balaban J connectivity index is 1.57. The van der Waals surface area contributed by atoms with Crippen molar-refractivity contribution in [1.82, 2.24) is 10.6 Å². The van der Waals surface area contributed by atoms with Crippen molar-refractivity contribution in [3.8, 4) is 0 Å². The molecule has 0 bridgehead atoms. The Bertz CT molecular complexity index is 370. The third-order valence-electron chi connectivity index (χ3n) is 5.35. The Morgan fingerprint density at radius 2 is 2.30 bits per heavy atom. The van der Waals surface area contributed by atoms with Gasteiger partial charge in [0.05, 0.1) is 18.8 Å². The van der Waals surface area contributed by atoms with E-state index in [1.807, 2.05) is 13.8 Å². The average Bonchev–Trinajstić information content (AvgIpc) is 2.35. The van der Waals surface area contributed by atoms with E-state index in [2.05, 4.69) is 10.6 Å². The van der Waals surface area contributed by atoms with Crippen LogP contribution in [0.3, 0.4) is 0 Å². The molecule has 2 aliphatic carbocycles. The maximum atomic E-state index is 12.4. The molecule has 3 aliphatic rings. The predicted octanol–water partition coefficient (Wildman–Crippen LogP) is 0.827. The van der Waals surface area contributed by atoms with Crippen molar-refractivity contribution in [3.05, 3.63) is 0 Å². The zero-order valence-corrected chi connectivity index (χ0v) is 12.5. The number of morpholine rings is 1. The van der Waals surface area contributed by atoms with Gasteiger partial charge in [0.1, 0.15) is 6.04 Å². The highest BCUT2D eigenvalue weighted by Gasteiger charge is 2.59. The summed E-state index contributed by atoms with van der Waals surface area (Å²) in [6.45, 7) is 6.20. The standard InChI is InChI=1S/C15H26N2O3/c1-3-19-12-9-11(15(12)5-4-6-15)17-14(18)13-10(2)20-8-7-16-13/h10-13,16H,3-9H2,1-2H3,(H,17,18)/t10-,11?,12?,13+/m1/s1. The van der Waals surface area contributed by atoms with Crippen LogP contribution in [-0.2, 0) is 14.3 Å². The van der Waals surface area contributed by atoms with Gasteiger partial charge in [0.2, 0.25) is 5.91 Å². The molecule has 0 radical (unpaired) electrons. The summed E-state index contributed by atoms with van der Waals surface area (Å²) >= 11 is 0. The zero-order valence-electron chi connectivity index (χ0n) is 12.5. The van der Waals surface area contributed by atoms with Crippen LogP contribution in [0.5, 0.6) is 0 Å². The summed E-state index contributed by atoms with van der Waals surface area (Å²) in [5.74, 6) is 0.0865. The number of nitrogens with one attached hydrogen (secondary N) is 2. The summed E-state index contributed by atoms with van der Waals surface area (Å²) in [6, 6.07) is 0.0725. The molecule has 1 spiro atoms. The first kappa shape index (κ1) is 14.3. The molecule has 20 heavy (non-hydrogen) atoms. The first-order valence-corrected chi connectivity index (χ1v) is 7.94. The van der Waals surface area contributed by atoms with Gasteiger partial charge in [0.25, 0.3) is 0 Å².